The van der Waals surface area contributed by atoms with Crippen LogP contribution in [-0.4, -0.2) is 26.7 Å². The SMILES string of the molecule is C.C.C.C.C.C.CCC.CCF.CF.FCC(F)(F)F.[CH3-].[CH3-].[Y]. The number of halogens is 6. The molecule has 7 heteroatoms. The van der Waals surface area contributed by atoms with Crippen molar-refractivity contribution in [1.82, 2.24) is 0 Å². The zero-order valence-electron chi connectivity index (χ0n) is 11.5. The molecule has 0 atom stereocenters. The zero-order chi connectivity index (χ0) is 12.6. The normalized spacial score (nSPS) is 4.96. The van der Waals surface area contributed by atoms with E-state index in [2.05, 4.69) is 13.8 Å². The fourth-order valence-corrected chi connectivity index (χ4v) is 0. The maximum Gasteiger partial charge on any atom is 0.416 e. The Kier molecular flexibility index (Phi) is 528. The Morgan fingerprint density at radius 2 is 0.696 bits per heavy atom. The standard InChI is InChI=1S/C3H8.C2H2F4.C2H5F.CH3F.6CH4.2CH3.Y/c1-3-2;3-1-2(4,5)6;1-2-3;1-2;;;;;;;;;/h3H2,1-2H3;1H2;2H2,1H3;1H3;6*1H4;2*1H3;/q;;;;;;;;;;2*-1;. The molecule has 0 unspecified atom stereocenters. The molecule has 0 aliphatic carbocycles. The summed E-state index contributed by atoms with van der Waals surface area (Å²) in [7, 11) is 0.500. The molecule has 0 aromatic rings. The van der Waals surface area contributed by atoms with E-state index in [4.69, 9.17) is 0 Å². The topological polar surface area (TPSA) is 0 Å². The fourth-order valence-electron chi connectivity index (χ4n) is 0. The third kappa shape index (κ3) is 715. The summed E-state index contributed by atoms with van der Waals surface area (Å²) in [6, 6.07) is 0. The van der Waals surface area contributed by atoms with Crippen molar-refractivity contribution in [3.05, 3.63) is 14.9 Å². The van der Waals surface area contributed by atoms with Crippen LogP contribution in [0.2, 0.25) is 0 Å². The summed E-state index contributed by atoms with van der Waals surface area (Å²) in [4.78, 5) is 0. The van der Waals surface area contributed by atoms with Crippen LogP contribution in [0.5, 0.6) is 0 Å². The Morgan fingerprint density at radius 1 is 0.652 bits per heavy atom. The van der Waals surface area contributed by atoms with Crippen LogP contribution in [0, 0.1) is 14.9 Å². The molecule has 0 nitrogen and oxygen atoms in total. The van der Waals surface area contributed by atoms with Crippen molar-refractivity contribution < 1.29 is 59.1 Å². The molecule has 0 saturated carbocycles. The minimum absolute atomic E-state index is 0. The van der Waals surface area contributed by atoms with Gasteiger partial charge >= 0.3 is 6.18 Å². The van der Waals surface area contributed by atoms with Crippen molar-refractivity contribution in [2.75, 3.05) is 20.5 Å². The molecule has 0 saturated heterocycles. The van der Waals surface area contributed by atoms with E-state index in [-0.39, 0.29) is 98.8 Å². The first-order chi connectivity index (χ1) is 6.39. The summed E-state index contributed by atoms with van der Waals surface area (Å²) < 4.78 is 61.4. The first-order valence-corrected chi connectivity index (χ1v) is 3.95. The van der Waals surface area contributed by atoms with E-state index in [1.54, 1.807) is 0 Å². The monoisotopic (exact) mass is 443 g/mol. The molecule has 159 valence electrons. The zero-order valence-corrected chi connectivity index (χ0v) is 14.3. The molecular weight excluding hydrogens is 395 g/mol. The van der Waals surface area contributed by atoms with Gasteiger partial charge in [-0.2, -0.15) is 13.2 Å². The van der Waals surface area contributed by atoms with Gasteiger partial charge in [-0.3, -0.25) is 8.78 Å². The van der Waals surface area contributed by atoms with E-state index in [0.717, 1.165) is 0 Å². The summed E-state index contributed by atoms with van der Waals surface area (Å²) >= 11 is 0. The van der Waals surface area contributed by atoms with Gasteiger partial charge in [0.15, 0.2) is 6.67 Å². The third-order valence-corrected chi connectivity index (χ3v) is 0.152. The number of alkyl halides is 6. The van der Waals surface area contributed by atoms with Gasteiger partial charge in [-0.15, -0.1) is 0 Å². The fraction of sp³-hybridized carbons (Fsp3) is 0.875. The summed E-state index contributed by atoms with van der Waals surface area (Å²) in [5.41, 5.74) is 0. The minimum atomic E-state index is -4.62. The maximum absolute atomic E-state index is 10.4. The molecule has 23 heavy (non-hydrogen) atoms. The van der Waals surface area contributed by atoms with E-state index in [0.29, 0.717) is 7.18 Å². The molecule has 0 fully saturated rings. The minimum Gasteiger partial charge on any atom is -0.358 e. The van der Waals surface area contributed by atoms with Gasteiger partial charge in [0.1, 0.15) is 0 Å². The molecule has 0 aliphatic rings. The Bertz CT molecular complexity index is 70.1. The molecule has 0 rings (SSSR count). The number of hydrogen-bond donors (Lipinski definition) is 0. The Balaban J connectivity index is -0.00000000492. The van der Waals surface area contributed by atoms with Crippen LogP contribution in [-0.2, 0) is 32.7 Å². The van der Waals surface area contributed by atoms with Gasteiger partial charge in [0.25, 0.3) is 0 Å². The van der Waals surface area contributed by atoms with Gasteiger partial charge in [-0.05, 0) is 6.92 Å². The predicted molar refractivity (Wildman–Crippen MR) is 99.9 cm³/mol. The van der Waals surface area contributed by atoms with E-state index in [9.17, 15) is 26.3 Å². The van der Waals surface area contributed by atoms with Gasteiger partial charge < -0.3 is 14.9 Å². The smallest absolute Gasteiger partial charge is 0.358 e. The quantitative estimate of drug-likeness (QED) is 0.259. The van der Waals surface area contributed by atoms with Crippen LogP contribution in [0.1, 0.15) is 71.8 Å². The van der Waals surface area contributed by atoms with Gasteiger partial charge in [-0.1, -0.05) is 64.8 Å². The van der Waals surface area contributed by atoms with Crippen LogP contribution in [0.3, 0.4) is 0 Å². The number of rotatable bonds is 0. The van der Waals surface area contributed by atoms with Crippen molar-refractivity contribution in [1.29, 1.82) is 0 Å². The van der Waals surface area contributed by atoms with Crippen molar-refractivity contribution in [2.24, 2.45) is 0 Å². The molecule has 0 spiro atoms. The predicted octanol–water partition coefficient (Wildman–Crippen LogP) is 9.21. The van der Waals surface area contributed by atoms with Crippen LogP contribution in [0.25, 0.3) is 0 Å². The molecule has 1 radical (unpaired) electrons. The largest absolute Gasteiger partial charge is 0.416 e. The van der Waals surface area contributed by atoms with Crippen LogP contribution >= 0.6 is 0 Å². The second-order valence-electron chi connectivity index (χ2n) is 1.72. The third-order valence-electron chi connectivity index (χ3n) is 0.152. The van der Waals surface area contributed by atoms with Gasteiger partial charge in [-0.25, -0.2) is 4.39 Å². The molecule has 0 aliphatic heterocycles. The second-order valence-corrected chi connectivity index (χ2v) is 1.72. The second kappa shape index (κ2) is 114. The van der Waals surface area contributed by atoms with Crippen molar-refractivity contribution in [3.8, 4) is 0 Å². The first kappa shape index (κ1) is 107. The Labute approximate surface area is 172 Å². The number of hydrogen-bond acceptors (Lipinski definition) is 0. The Morgan fingerprint density at radius 3 is 0.696 bits per heavy atom. The molecular formula is C16H48F6Y-2. The van der Waals surface area contributed by atoms with E-state index in [1.807, 2.05) is 0 Å². The average Bonchev–Trinajstić information content (AvgIpc) is 2.10. The summed E-state index contributed by atoms with van der Waals surface area (Å²) in [5.74, 6) is 0. The average molecular weight is 443 g/mol. The molecule has 0 heterocycles. The molecule has 0 aromatic carbocycles. The van der Waals surface area contributed by atoms with Crippen LogP contribution < -0.4 is 0 Å². The van der Waals surface area contributed by atoms with Crippen molar-refractivity contribution in [2.45, 2.75) is 77.9 Å². The van der Waals surface area contributed by atoms with E-state index < -0.39 is 12.9 Å². The summed E-state index contributed by atoms with van der Waals surface area (Å²) in [6.07, 6.45) is -3.38. The summed E-state index contributed by atoms with van der Waals surface area (Å²) in [6.45, 7) is 3.23. The van der Waals surface area contributed by atoms with Crippen LogP contribution in [0.4, 0.5) is 26.3 Å². The van der Waals surface area contributed by atoms with Gasteiger partial charge in [0.2, 0.25) is 0 Å². The molecule has 0 amide bonds. The van der Waals surface area contributed by atoms with Crippen molar-refractivity contribution in [3.63, 3.8) is 0 Å². The molecule has 0 aromatic heterocycles. The van der Waals surface area contributed by atoms with Gasteiger partial charge in [0.05, 0.1) is 13.9 Å². The first-order valence-electron chi connectivity index (χ1n) is 3.95. The summed E-state index contributed by atoms with van der Waals surface area (Å²) in [5, 5.41) is 0. The van der Waals surface area contributed by atoms with E-state index >= 15 is 0 Å². The van der Waals surface area contributed by atoms with Crippen LogP contribution in [0.15, 0.2) is 0 Å². The van der Waals surface area contributed by atoms with Crippen molar-refractivity contribution >= 4 is 0 Å². The molecule has 0 bridgehead atoms. The Hall–Kier alpha value is 0.684. The molecule has 0 N–H and O–H groups in total. The maximum atomic E-state index is 10.4. The van der Waals surface area contributed by atoms with E-state index in [1.165, 1.54) is 13.3 Å². The van der Waals surface area contributed by atoms with Gasteiger partial charge in [0, 0.05) is 32.7 Å².